The number of anilines is 10. The summed E-state index contributed by atoms with van der Waals surface area (Å²) in [5, 5.41) is 91.0. The smallest absolute Gasteiger partial charge is 0.326 e. The molecule has 0 amide bonds. The Labute approximate surface area is 493 Å². The monoisotopic (exact) mass is 1320 g/mol. The predicted octanol–water partition coefficient (Wildman–Crippen LogP) is 5.69. The zero-order valence-corrected chi connectivity index (χ0v) is 47.1. The number of benzene rings is 4. The van der Waals surface area contributed by atoms with E-state index in [4.69, 9.17) is 15.8 Å². The maximum absolute atomic E-state index is 12.9. The summed E-state index contributed by atoms with van der Waals surface area (Å²) < 4.78 is 118. The van der Waals surface area contributed by atoms with E-state index >= 15 is 0 Å². The van der Waals surface area contributed by atoms with E-state index in [1.807, 2.05) is 0 Å². The van der Waals surface area contributed by atoms with Crippen molar-refractivity contribution in [2.24, 2.45) is 0 Å². The normalized spacial score (nSPS) is 12.5. The summed E-state index contributed by atoms with van der Waals surface area (Å²) in [6.07, 6.45) is 0.235. The average Bonchev–Trinajstić information content (AvgIpc) is 1.90. The summed E-state index contributed by atoms with van der Waals surface area (Å²) in [5.74, 6) is -8.87. The lowest BCUT2D eigenvalue weighted by Crippen LogP contribution is -2.31. The number of carbonyl (C=O) groups is 4. The number of hydrogen-bond donors (Lipinski definition) is 16. The quantitative estimate of drug-likeness (QED) is 0.00758. The maximum Gasteiger partial charge on any atom is 0.326 e. The number of carboxylic acid groups (broad SMARTS) is 4. The zero-order chi connectivity index (χ0) is 62.9. The molecule has 6 rings (SSSR count). The molecule has 0 saturated heterocycles. The summed E-state index contributed by atoms with van der Waals surface area (Å²) in [4.78, 5) is 69.5. The minimum absolute atomic E-state index is 0.0444. The van der Waals surface area contributed by atoms with Crippen molar-refractivity contribution in [3.05, 3.63) is 83.9 Å². The number of carboxylic acids is 4. The molecule has 0 bridgehead atoms. The first-order valence-corrected chi connectivity index (χ1v) is 29.3. The van der Waals surface area contributed by atoms with Gasteiger partial charge in [0.15, 0.2) is 0 Å². The van der Waals surface area contributed by atoms with E-state index < -0.39 is 148 Å². The van der Waals surface area contributed by atoms with E-state index in [1.54, 1.807) is 0 Å². The van der Waals surface area contributed by atoms with Crippen LogP contribution >= 0.6 is 36.1 Å². The standard InChI is InChI=1S/C42H40N12O26S6/c55-33(56)13-9-25(35(59)60)45-39-50-38(51-41(53-39)47-27-18-24(84(66,67)68)8-11-29(27)82-79-76-64)44-22-6-4-20(32(16-22)86(72,73)74)2-1-19-3-5-21(15-30(19)83-80-77-65)43-37-49-40(46-26(36(61)62)10-14-34(57)58)54-42(52-37)48-28-17-23(81-78-75-63)7-12-31(28)85(69,70)71/h1-8,11-12,15-18,25-26,63-65H,9-10,13-14H2,(H,55,56)(H,57,58)(H,59,60)(H,61,62)(H,66,67,68)(H,69,70,71)(H,72,73,74)(H3,43,46,48,49,52,54)(H3,44,45,47,50,51,53)/b2-1+. The summed E-state index contributed by atoms with van der Waals surface area (Å²) >= 11 is 1.08. The third-order valence-electron chi connectivity index (χ3n) is 10.5. The molecule has 38 nitrogen and oxygen atoms in total. The summed E-state index contributed by atoms with van der Waals surface area (Å²) in [7, 11) is -15.0. The van der Waals surface area contributed by atoms with Crippen LogP contribution in [0.1, 0.15) is 36.8 Å². The minimum atomic E-state index is -5.14. The van der Waals surface area contributed by atoms with E-state index in [-0.39, 0.29) is 42.9 Å². The van der Waals surface area contributed by atoms with Crippen LogP contribution in [-0.2, 0) is 77.6 Å². The van der Waals surface area contributed by atoms with Crippen LogP contribution in [-0.4, -0.2) is 141 Å². The van der Waals surface area contributed by atoms with Crippen molar-refractivity contribution in [3.8, 4) is 0 Å². The Bertz CT molecular complexity index is 3880. The molecule has 2 heterocycles. The van der Waals surface area contributed by atoms with Gasteiger partial charge in [0.05, 0.1) is 57.3 Å². The highest BCUT2D eigenvalue weighted by molar-refractivity contribution is 7.95. The van der Waals surface area contributed by atoms with Crippen molar-refractivity contribution in [2.45, 2.75) is 67.1 Å². The number of nitrogens with one attached hydrogen (secondary N) is 6. The second-order valence-corrected chi connectivity index (χ2v) is 22.8. The first kappa shape index (κ1) is 66.9. The van der Waals surface area contributed by atoms with E-state index in [1.165, 1.54) is 42.5 Å². The van der Waals surface area contributed by atoms with Gasteiger partial charge in [-0.3, -0.25) is 23.2 Å². The Morgan fingerprint density at radius 2 is 0.930 bits per heavy atom. The van der Waals surface area contributed by atoms with Gasteiger partial charge in [-0.25, -0.2) is 25.4 Å². The molecule has 0 aliphatic heterocycles. The second-order valence-electron chi connectivity index (χ2n) is 16.3. The third kappa shape index (κ3) is 20.2. The Kier molecular flexibility index (Phi) is 23.5. The summed E-state index contributed by atoms with van der Waals surface area (Å²) in [6.45, 7) is 0. The molecule has 2 aromatic heterocycles. The molecule has 0 aliphatic rings. The van der Waals surface area contributed by atoms with E-state index in [9.17, 15) is 78.5 Å². The Hall–Kier alpha value is -8.26. The van der Waals surface area contributed by atoms with Crippen LogP contribution < -0.4 is 31.9 Å². The molecular formula is C42H40N12O26S6. The van der Waals surface area contributed by atoms with Crippen LogP contribution in [0.25, 0.3) is 12.2 Å². The first-order chi connectivity index (χ1) is 40.6. The first-order valence-electron chi connectivity index (χ1n) is 22.8. The molecule has 0 saturated carbocycles. The molecule has 44 heteroatoms. The molecule has 16 N–H and O–H groups in total. The van der Waals surface area contributed by atoms with Crippen LogP contribution in [0.5, 0.6) is 0 Å². The number of aliphatic carboxylic acids is 4. The van der Waals surface area contributed by atoms with Crippen LogP contribution in [0.2, 0.25) is 0 Å². The molecule has 0 fully saturated rings. The van der Waals surface area contributed by atoms with Crippen LogP contribution in [0.15, 0.2) is 102 Å². The zero-order valence-electron chi connectivity index (χ0n) is 42.2. The average molecular weight is 1320 g/mol. The molecular weight excluding hydrogens is 1280 g/mol. The van der Waals surface area contributed by atoms with Crippen LogP contribution in [0.3, 0.4) is 0 Å². The highest BCUT2D eigenvalue weighted by Crippen LogP contribution is 2.35. The lowest BCUT2D eigenvalue weighted by Gasteiger charge is -2.16. The number of hydrogen-bond acceptors (Lipinski definition) is 34. The molecule has 2 atom stereocenters. The van der Waals surface area contributed by atoms with Crippen molar-refractivity contribution < 1.29 is 122 Å². The minimum Gasteiger partial charge on any atom is -0.481 e. The number of nitrogens with zero attached hydrogens (tertiary/aromatic N) is 6. The van der Waals surface area contributed by atoms with Crippen molar-refractivity contribution in [1.29, 1.82) is 0 Å². The Morgan fingerprint density at radius 3 is 1.42 bits per heavy atom. The maximum atomic E-state index is 12.9. The van der Waals surface area contributed by atoms with E-state index in [0.29, 0.717) is 36.1 Å². The van der Waals surface area contributed by atoms with Gasteiger partial charge in [0.1, 0.15) is 21.9 Å². The molecule has 0 radical (unpaired) electrons. The molecule has 0 spiro atoms. The van der Waals surface area contributed by atoms with Gasteiger partial charge in [0.2, 0.25) is 35.7 Å². The summed E-state index contributed by atoms with van der Waals surface area (Å²) in [5.41, 5.74) is -0.809. The van der Waals surface area contributed by atoms with E-state index in [0.717, 1.165) is 42.5 Å². The van der Waals surface area contributed by atoms with Crippen molar-refractivity contribution in [3.63, 3.8) is 0 Å². The molecule has 4 aromatic carbocycles. The van der Waals surface area contributed by atoms with Crippen molar-refractivity contribution in [2.75, 3.05) is 31.9 Å². The van der Waals surface area contributed by atoms with Crippen LogP contribution in [0.4, 0.5) is 58.4 Å². The predicted molar refractivity (Wildman–Crippen MR) is 293 cm³/mol. The third-order valence-corrected chi connectivity index (χ3v) is 15.0. The summed E-state index contributed by atoms with van der Waals surface area (Å²) in [6, 6.07) is 10.2. The van der Waals surface area contributed by atoms with Gasteiger partial charge in [-0.15, -0.1) is 13.0 Å². The Balaban J connectivity index is 1.36. The fraction of sp³-hybridized carbons (Fsp3) is 0.143. The van der Waals surface area contributed by atoms with Crippen molar-refractivity contribution >= 4 is 161 Å². The SMILES string of the molecule is O=C(O)CCC(Nc1nc(Nc2ccc(/C=C/c3ccc(Nc4nc(Nc5cc(SOOO)ccc5S(=O)(=O)O)nc(NC(CCC(=O)O)C(=O)O)n4)cc3SOOO)c(S(=O)(=O)O)c2)nc(Nc2cc(S(=O)(=O)O)ccc2SOOO)n1)C(=O)O. The van der Waals surface area contributed by atoms with E-state index in [2.05, 4.69) is 89.9 Å². The van der Waals surface area contributed by atoms with Gasteiger partial charge in [-0.2, -0.15) is 55.2 Å². The fourth-order valence-corrected chi connectivity index (χ4v) is 10.0. The Morgan fingerprint density at radius 1 is 0.477 bits per heavy atom. The number of aromatic nitrogens is 6. The fourth-order valence-electron chi connectivity index (χ4n) is 6.82. The van der Waals surface area contributed by atoms with Gasteiger partial charge in [0.25, 0.3) is 30.4 Å². The van der Waals surface area contributed by atoms with Gasteiger partial charge in [0, 0.05) is 34.0 Å². The highest BCUT2D eigenvalue weighted by atomic mass is 32.2. The molecule has 0 aliphatic carbocycles. The molecule has 2 unspecified atom stereocenters. The highest BCUT2D eigenvalue weighted by Gasteiger charge is 2.25. The van der Waals surface area contributed by atoms with Crippen molar-refractivity contribution in [1.82, 2.24) is 29.9 Å². The lowest BCUT2D eigenvalue weighted by atomic mass is 10.1. The van der Waals surface area contributed by atoms with Gasteiger partial charge >= 0.3 is 23.9 Å². The van der Waals surface area contributed by atoms with Gasteiger partial charge < -0.3 is 52.3 Å². The largest absolute Gasteiger partial charge is 0.481 e. The van der Waals surface area contributed by atoms with Gasteiger partial charge in [-0.1, -0.05) is 39.4 Å². The molecule has 460 valence electrons. The van der Waals surface area contributed by atoms with Crippen LogP contribution in [0, 0.1) is 0 Å². The topological polar surface area (TPSA) is 578 Å². The molecule has 6 aromatic rings. The lowest BCUT2D eigenvalue weighted by molar-refractivity contribution is -0.432. The van der Waals surface area contributed by atoms with Gasteiger partial charge in [-0.05, 0) is 84.6 Å². The molecule has 86 heavy (non-hydrogen) atoms. The number of rotatable bonds is 34. The second kappa shape index (κ2) is 30.2.